The number of halogens is 3. The minimum absolute atomic E-state index is 0.0660. The average molecular weight is 344 g/mol. The van der Waals surface area contributed by atoms with Crippen LogP contribution in [0.5, 0.6) is 0 Å². The molecule has 1 heterocycles. The molecule has 1 aromatic carbocycles. The number of piperidine rings is 1. The van der Waals surface area contributed by atoms with Crippen molar-refractivity contribution in [3.8, 4) is 0 Å². The van der Waals surface area contributed by atoms with E-state index in [1.807, 2.05) is 0 Å². The van der Waals surface area contributed by atoms with E-state index in [0.29, 0.717) is 19.5 Å². The summed E-state index contributed by atoms with van der Waals surface area (Å²) in [5.41, 5.74) is -1.20. The Morgan fingerprint density at radius 3 is 2.62 bits per heavy atom. The van der Waals surface area contributed by atoms with Gasteiger partial charge in [0, 0.05) is 37.9 Å². The first-order valence-corrected chi connectivity index (χ1v) is 7.60. The van der Waals surface area contributed by atoms with E-state index in [2.05, 4.69) is 5.32 Å². The summed E-state index contributed by atoms with van der Waals surface area (Å²) in [7, 11) is 0. The van der Waals surface area contributed by atoms with Crippen molar-refractivity contribution in [1.82, 2.24) is 4.90 Å². The van der Waals surface area contributed by atoms with Gasteiger partial charge >= 0.3 is 6.18 Å². The van der Waals surface area contributed by atoms with E-state index in [0.717, 1.165) is 18.6 Å². The first-order valence-electron chi connectivity index (χ1n) is 7.60. The summed E-state index contributed by atoms with van der Waals surface area (Å²) >= 11 is 0. The van der Waals surface area contributed by atoms with Crippen LogP contribution in [0.2, 0.25) is 0 Å². The maximum absolute atomic E-state index is 13.0. The Kier molecular flexibility index (Phi) is 5.48. The predicted octanol–water partition coefficient (Wildman–Crippen LogP) is 2.51. The molecule has 0 spiro atoms. The van der Waals surface area contributed by atoms with Crippen molar-refractivity contribution in [3.63, 3.8) is 0 Å². The van der Waals surface area contributed by atoms with Crippen LogP contribution in [0, 0.1) is 5.92 Å². The number of benzene rings is 1. The standard InChI is InChI=1S/C16H19F3N2O3/c1-10(23)20-14-6-12(5-13(7-14)16(17,18)19)15(24)21-4-2-3-11(8-21)9-22/h5-7,11,22H,2-4,8-9H2,1H3,(H,20,23). The van der Waals surface area contributed by atoms with Crippen molar-refractivity contribution < 1.29 is 27.9 Å². The molecule has 0 saturated carbocycles. The van der Waals surface area contributed by atoms with Crippen LogP contribution in [0.4, 0.5) is 18.9 Å². The van der Waals surface area contributed by atoms with Crippen LogP contribution in [0.15, 0.2) is 18.2 Å². The largest absolute Gasteiger partial charge is 0.416 e. The molecule has 2 rings (SSSR count). The molecule has 1 aliphatic heterocycles. The number of likely N-dealkylation sites (tertiary alicyclic amines) is 1. The van der Waals surface area contributed by atoms with E-state index < -0.39 is 23.6 Å². The van der Waals surface area contributed by atoms with Gasteiger partial charge in [-0.15, -0.1) is 0 Å². The summed E-state index contributed by atoms with van der Waals surface area (Å²) in [5.74, 6) is -1.12. The molecule has 2 amide bonds. The number of carbonyl (C=O) groups excluding carboxylic acids is 2. The maximum atomic E-state index is 13.0. The third kappa shape index (κ3) is 4.47. The molecule has 1 aromatic rings. The number of aliphatic hydroxyl groups excluding tert-OH is 1. The summed E-state index contributed by atoms with van der Waals surface area (Å²) in [5, 5.41) is 11.5. The van der Waals surface area contributed by atoms with Gasteiger partial charge in [0.2, 0.25) is 5.91 Å². The minimum Gasteiger partial charge on any atom is -0.396 e. The molecule has 2 N–H and O–H groups in total. The van der Waals surface area contributed by atoms with E-state index in [-0.39, 0.29) is 23.8 Å². The third-order valence-electron chi connectivity index (χ3n) is 3.89. The second-order valence-electron chi connectivity index (χ2n) is 5.92. The lowest BCUT2D eigenvalue weighted by Gasteiger charge is -2.32. The molecule has 1 unspecified atom stereocenters. The van der Waals surface area contributed by atoms with Crippen molar-refractivity contribution in [1.29, 1.82) is 0 Å². The number of rotatable bonds is 3. The zero-order chi connectivity index (χ0) is 17.9. The zero-order valence-electron chi connectivity index (χ0n) is 13.2. The SMILES string of the molecule is CC(=O)Nc1cc(C(=O)N2CCCC(CO)C2)cc(C(F)(F)F)c1. The van der Waals surface area contributed by atoms with Gasteiger partial charge in [0.1, 0.15) is 0 Å². The number of hydrogen-bond donors (Lipinski definition) is 2. The van der Waals surface area contributed by atoms with Crippen molar-refractivity contribution in [2.24, 2.45) is 5.92 Å². The van der Waals surface area contributed by atoms with E-state index in [1.165, 1.54) is 17.9 Å². The molecule has 1 aliphatic rings. The third-order valence-corrected chi connectivity index (χ3v) is 3.89. The number of alkyl halides is 3. The molecule has 24 heavy (non-hydrogen) atoms. The molecule has 132 valence electrons. The molecule has 0 aliphatic carbocycles. The van der Waals surface area contributed by atoms with Crippen LogP contribution in [-0.4, -0.2) is 41.5 Å². The zero-order valence-corrected chi connectivity index (χ0v) is 13.2. The quantitative estimate of drug-likeness (QED) is 0.885. The predicted molar refractivity (Wildman–Crippen MR) is 81.5 cm³/mol. The Morgan fingerprint density at radius 1 is 1.33 bits per heavy atom. The molecule has 1 atom stereocenters. The fraction of sp³-hybridized carbons (Fsp3) is 0.500. The Bertz CT molecular complexity index is 631. The average Bonchev–Trinajstić information content (AvgIpc) is 2.52. The Labute approximate surface area is 137 Å². The van der Waals surface area contributed by atoms with Gasteiger partial charge in [0.05, 0.1) is 5.56 Å². The Balaban J connectivity index is 2.33. The van der Waals surface area contributed by atoms with Crippen molar-refractivity contribution >= 4 is 17.5 Å². The monoisotopic (exact) mass is 344 g/mol. The van der Waals surface area contributed by atoms with Gasteiger partial charge in [0.15, 0.2) is 0 Å². The van der Waals surface area contributed by atoms with Gasteiger partial charge < -0.3 is 15.3 Å². The van der Waals surface area contributed by atoms with E-state index in [9.17, 15) is 27.9 Å². The van der Waals surface area contributed by atoms with Crippen LogP contribution < -0.4 is 5.32 Å². The molecule has 5 nitrogen and oxygen atoms in total. The van der Waals surface area contributed by atoms with Crippen LogP contribution in [0.1, 0.15) is 35.7 Å². The highest BCUT2D eigenvalue weighted by atomic mass is 19.4. The Hall–Kier alpha value is -2.09. The number of aliphatic hydroxyl groups is 1. The highest BCUT2D eigenvalue weighted by Crippen LogP contribution is 2.32. The van der Waals surface area contributed by atoms with Gasteiger partial charge in [0.25, 0.3) is 5.91 Å². The van der Waals surface area contributed by atoms with Crippen LogP contribution in [0.25, 0.3) is 0 Å². The summed E-state index contributed by atoms with van der Waals surface area (Å²) in [6, 6.07) is 2.82. The second kappa shape index (κ2) is 7.21. The first kappa shape index (κ1) is 18.3. The highest BCUT2D eigenvalue weighted by Gasteiger charge is 2.33. The summed E-state index contributed by atoms with van der Waals surface area (Å²) in [6.45, 7) is 1.85. The number of amides is 2. The fourth-order valence-corrected chi connectivity index (χ4v) is 2.77. The van der Waals surface area contributed by atoms with Crippen molar-refractivity contribution in [3.05, 3.63) is 29.3 Å². The molecule has 0 radical (unpaired) electrons. The molecule has 1 fully saturated rings. The minimum atomic E-state index is -4.63. The van der Waals surface area contributed by atoms with E-state index in [1.54, 1.807) is 0 Å². The summed E-state index contributed by atoms with van der Waals surface area (Å²) in [6.07, 6.45) is -3.16. The van der Waals surface area contributed by atoms with Gasteiger partial charge in [-0.05, 0) is 37.0 Å². The lowest BCUT2D eigenvalue weighted by atomic mass is 9.98. The normalized spacial score (nSPS) is 18.4. The van der Waals surface area contributed by atoms with E-state index in [4.69, 9.17) is 0 Å². The molecule has 0 bridgehead atoms. The van der Waals surface area contributed by atoms with Gasteiger partial charge in [-0.1, -0.05) is 0 Å². The molecular formula is C16H19F3N2O3. The second-order valence-corrected chi connectivity index (χ2v) is 5.92. The first-order chi connectivity index (χ1) is 11.2. The molecule has 0 aromatic heterocycles. The van der Waals surface area contributed by atoms with Crippen LogP contribution in [-0.2, 0) is 11.0 Å². The number of anilines is 1. The van der Waals surface area contributed by atoms with E-state index >= 15 is 0 Å². The topological polar surface area (TPSA) is 69.6 Å². The summed E-state index contributed by atoms with van der Waals surface area (Å²) < 4.78 is 39.1. The molecular weight excluding hydrogens is 325 g/mol. The number of carbonyl (C=O) groups is 2. The molecule has 1 saturated heterocycles. The van der Waals surface area contributed by atoms with Crippen molar-refractivity contribution in [2.75, 3.05) is 25.0 Å². The van der Waals surface area contributed by atoms with Crippen LogP contribution in [0.3, 0.4) is 0 Å². The Morgan fingerprint density at radius 2 is 2.04 bits per heavy atom. The number of nitrogens with zero attached hydrogens (tertiary/aromatic N) is 1. The van der Waals surface area contributed by atoms with Gasteiger partial charge in [-0.2, -0.15) is 13.2 Å². The van der Waals surface area contributed by atoms with Gasteiger partial charge in [-0.25, -0.2) is 0 Å². The van der Waals surface area contributed by atoms with Crippen LogP contribution >= 0.6 is 0 Å². The molecule has 8 heteroatoms. The maximum Gasteiger partial charge on any atom is 0.416 e. The smallest absolute Gasteiger partial charge is 0.396 e. The summed E-state index contributed by atoms with van der Waals surface area (Å²) in [4.78, 5) is 25.1. The lowest BCUT2D eigenvalue weighted by molar-refractivity contribution is -0.137. The number of nitrogens with one attached hydrogen (secondary N) is 1. The lowest BCUT2D eigenvalue weighted by Crippen LogP contribution is -2.41. The number of hydrogen-bond acceptors (Lipinski definition) is 3. The van der Waals surface area contributed by atoms with Crippen molar-refractivity contribution in [2.45, 2.75) is 25.9 Å². The fourth-order valence-electron chi connectivity index (χ4n) is 2.77. The van der Waals surface area contributed by atoms with Gasteiger partial charge in [-0.3, -0.25) is 9.59 Å². The highest BCUT2D eigenvalue weighted by molar-refractivity contribution is 5.97.